The zero-order valence-electron chi connectivity index (χ0n) is 14.6. The highest BCUT2D eigenvalue weighted by Crippen LogP contribution is 2.29. The maximum atomic E-state index is 14.6. The van der Waals surface area contributed by atoms with Crippen LogP contribution >= 0.6 is 23.2 Å². The van der Waals surface area contributed by atoms with Crippen LogP contribution in [0.3, 0.4) is 0 Å². The number of aliphatic hydroxyl groups excluding tert-OH is 1. The molecule has 1 aromatic rings. The molecule has 2 N–H and O–H groups in total. The highest BCUT2D eigenvalue weighted by molar-refractivity contribution is 6.53. The average Bonchev–Trinajstić information content (AvgIpc) is 3.01. The number of nitrogens with zero attached hydrogens (tertiary/aromatic N) is 4. The first-order valence-electron chi connectivity index (χ1n) is 8.32. The van der Waals surface area contributed by atoms with Crippen molar-refractivity contribution in [1.29, 1.82) is 0 Å². The Labute approximate surface area is 166 Å². The molecule has 1 fully saturated rings. The zero-order valence-corrected chi connectivity index (χ0v) is 16.1. The van der Waals surface area contributed by atoms with E-state index in [1.807, 2.05) is 7.05 Å². The maximum Gasteiger partial charge on any atom is 0.253 e. The number of carbonyl (C=O) groups excluding carboxylic acids is 1. The standard InChI is InChI=1S/C16H20Cl2FN5O3/c1-22-4-5-23(9-21-22)13-3-2-10(6-12(13)19)24-8-11(27-16(24)26)7-20-15(25)14(17)18/h2-3,6,9,11,14,16,26H,4-5,7-8H2,1H3,(H,20,25). The van der Waals surface area contributed by atoms with E-state index in [4.69, 9.17) is 27.9 Å². The van der Waals surface area contributed by atoms with Crippen LogP contribution in [-0.4, -0.2) is 72.9 Å². The number of likely N-dealkylation sites (N-methyl/N-ethyl adjacent to an activating group) is 1. The average molecular weight is 420 g/mol. The largest absolute Gasteiger partial charge is 0.351 e. The summed E-state index contributed by atoms with van der Waals surface area (Å²) in [5.41, 5.74) is 0.875. The van der Waals surface area contributed by atoms with Gasteiger partial charge in [0.15, 0.2) is 4.84 Å². The van der Waals surface area contributed by atoms with Gasteiger partial charge in [-0.25, -0.2) is 4.39 Å². The van der Waals surface area contributed by atoms with E-state index < -0.39 is 29.1 Å². The van der Waals surface area contributed by atoms with Crippen LogP contribution in [0.15, 0.2) is 23.3 Å². The fourth-order valence-electron chi connectivity index (χ4n) is 2.84. The summed E-state index contributed by atoms with van der Waals surface area (Å²) in [7, 11) is 1.85. The predicted octanol–water partition coefficient (Wildman–Crippen LogP) is 0.922. The molecule has 0 radical (unpaired) electrons. The molecule has 27 heavy (non-hydrogen) atoms. The number of hydrogen-bond donors (Lipinski definition) is 2. The van der Waals surface area contributed by atoms with Gasteiger partial charge in [-0.2, -0.15) is 5.10 Å². The van der Waals surface area contributed by atoms with Crippen molar-refractivity contribution in [3.8, 4) is 0 Å². The van der Waals surface area contributed by atoms with Crippen molar-refractivity contribution in [2.75, 3.05) is 43.0 Å². The molecule has 0 saturated carbocycles. The minimum absolute atomic E-state index is 0.126. The van der Waals surface area contributed by atoms with E-state index >= 15 is 0 Å². The number of halogens is 3. The second kappa shape index (κ2) is 8.47. The van der Waals surface area contributed by atoms with Gasteiger partial charge in [-0.3, -0.25) is 9.80 Å². The van der Waals surface area contributed by atoms with Gasteiger partial charge in [-0.05, 0) is 18.2 Å². The number of alkyl halides is 2. The lowest BCUT2D eigenvalue weighted by Gasteiger charge is -2.28. The van der Waals surface area contributed by atoms with Crippen LogP contribution in [0.1, 0.15) is 0 Å². The Bertz CT molecular complexity index is 723. The van der Waals surface area contributed by atoms with Crippen molar-refractivity contribution in [3.05, 3.63) is 24.0 Å². The van der Waals surface area contributed by atoms with E-state index in [1.54, 1.807) is 28.4 Å². The van der Waals surface area contributed by atoms with Crippen molar-refractivity contribution in [3.63, 3.8) is 0 Å². The molecule has 11 heteroatoms. The molecule has 0 aromatic heterocycles. The van der Waals surface area contributed by atoms with Crippen LogP contribution < -0.4 is 15.1 Å². The van der Waals surface area contributed by atoms with Gasteiger partial charge in [-0.1, -0.05) is 23.2 Å². The predicted molar refractivity (Wildman–Crippen MR) is 102 cm³/mol. The molecule has 8 nitrogen and oxygen atoms in total. The number of hydrazone groups is 1. The molecule has 1 amide bonds. The van der Waals surface area contributed by atoms with E-state index in [1.165, 1.54) is 11.0 Å². The van der Waals surface area contributed by atoms with Gasteiger partial charge in [0.05, 0.1) is 24.9 Å². The van der Waals surface area contributed by atoms with Crippen molar-refractivity contribution >= 4 is 46.8 Å². The summed E-state index contributed by atoms with van der Waals surface area (Å²) in [6.45, 7) is 1.71. The van der Waals surface area contributed by atoms with Gasteiger partial charge in [0, 0.05) is 25.8 Å². The van der Waals surface area contributed by atoms with Gasteiger partial charge in [-0.15, -0.1) is 0 Å². The normalized spacial score (nSPS) is 22.7. The summed E-state index contributed by atoms with van der Waals surface area (Å²) < 4.78 is 20.0. The zero-order chi connectivity index (χ0) is 19.6. The molecule has 0 aliphatic carbocycles. The molecule has 2 heterocycles. The van der Waals surface area contributed by atoms with E-state index in [2.05, 4.69) is 10.4 Å². The van der Waals surface area contributed by atoms with Crippen LogP contribution in [0.4, 0.5) is 15.8 Å². The number of anilines is 2. The van der Waals surface area contributed by atoms with Gasteiger partial charge in [0.2, 0.25) is 6.41 Å². The van der Waals surface area contributed by atoms with E-state index in [9.17, 15) is 14.3 Å². The number of rotatable bonds is 5. The second-order valence-electron chi connectivity index (χ2n) is 6.22. The topological polar surface area (TPSA) is 80.6 Å². The minimum atomic E-state index is -1.25. The first-order chi connectivity index (χ1) is 12.8. The summed E-state index contributed by atoms with van der Waals surface area (Å²) in [5.74, 6) is -0.973. The molecule has 148 valence electrons. The molecular weight excluding hydrogens is 400 g/mol. The molecule has 3 rings (SSSR count). The fourth-order valence-corrected chi connectivity index (χ4v) is 3.00. The molecule has 2 aliphatic heterocycles. The third-order valence-electron chi connectivity index (χ3n) is 4.31. The summed E-state index contributed by atoms with van der Waals surface area (Å²) in [5, 5.41) is 18.5. The van der Waals surface area contributed by atoms with Crippen LogP contribution in [-0.2, 0) is 9.53 Å². The highest BCUT2D eigenvalue weighted by atomic mass is 35.5. The van der Waals surface area contributed by atoms with Crippen LogP contribution in [0, 0.1) is 5.82 Å². The summed E-state index contributed by atoms with van der Waals surface area (Å²) in [6, 6.07) is 4.67. The van der Waals surface area contributed by atoms with Crippen molar-refractivity contribution < 1.29 is 19.0 Å². The van der Waals surface area contributed by atoms with Crippen LogP contribution in [0.2, 0.25) is 0 Å². The number of aliphatic hydroxyl groups is 1. The Morgan fingerprint density at radius 3 is 2.89 bits per heavy atom. The Hall–Kier alpha value is -1.81. The lowest BCUT2D eigenvalue weighted by atomic mass is 10.2. The third-order valence-corrected chi connectivity index (χ3v) is 4.70. The lowest BCUT2D eigenvalue weighted by Crippen LogP contribution is -2.37. The third kappa shape index (κ3) is 4.73. The number of hydrogen-bond acceptors (Lipinski definition) is 7. The number of nitrogens with one attached hydrogen (secondary N) is 1. The Morgan fingerprint density at radius 2 is 2.26 bits per heavy atom. The Kier molecular flexibility index (Phi) is 6.25. The number of carbonyl (C=O) groups is 1. The fraction of sp³-hybridized carbons (Fsp3) is 0.500. The molecule has 2 unspecified atom stereocenters. The van der Waals surface area contributed by atoms with Gasteiger partial charge in [0.25, 0.3) is 5.91 Å². The van der Waals surface area contributed by atoms with Crippen molar-refractivity contribution in [2.24, 2.45) is 5.10 Å². The first-order valence-corrected chi connectivity index (χ1v) is 9.20. The molecule has 1 aromatic carbocycles. The second-order valence-corrected chi connectivity index (χ2v) is 7.32. The number of amides is 1. The summed E-state index contributed by atoms with van der Waals surface area (Å²) in [6.07, 6.45) is -0.150. The maximum absolute atomic E-state index is 14.6. The smallest absolute Gasteiger partial charge is 0.253 e. The summed E-state index contributed by atoms with van der Waals surface area (Å²) >= 11 is 10.9. The van der Waals surface area contributed by atoms with Gasteiger partial charge < -0.3 is 25.0 Å². The van der Waals surface area contributed by atoms with Gasteiger partial charge >= 0.3 is 0 Å². The monoisotopic (exact) mass is 419 g/mol. The quantitative estimate of drug-likeness (QED) is 0.690. The lowest BCUT2D eigenvalue weighted by molar-refractivity contribution is -0.121. The minimum Gasteiger partial charge on any atom is -0.351 e. The molecule has 2 aliphatic rings. The van der Waals surface area contributed by atoms with E-state index in [0.717, 1.165) is 0 Å². The summed E-state index contributed by atoms with van der Waals surface area (Å²) in [4.78, 5) is 13.5. The molecule has 1 saturated heterocycles. The van der Waals surface area contributed by atoms with Crippen molar-refractivity contribution in [1.82, 2.24) is 10.3 Å². The first kappa shape index (κ1) is 19.9. The van der Waals surface area contributed by atoms with Crippen molar-refractivity contribution in [2.45, 2.75) is 17.4 Å². The highest BCUT2D eigenvalue weighted by Gasteiger charge is 2.32. The van der Waals surface area contributed by atoms with Crippen LogP contribution in [0.25, 0.3) is 0 Å². The Morgan fingerprint density at radius 1 is 1.48 bits per heavy atom. The number of benzene rings is 1. The molecule has 0 bridgehead atoms. The SMILES string of the molecule is CN1CCN(c2ccc(N3CC(CNC(=O)C(Cl)Cl)OC3O)cc2F)C=N1. The van der Waals surface area contributed by atoms with E-state index in [-0.39, 0.29) is 13.1 Å². The Balaban J connectivity index is 1.65. The van der Waals surface area contributed by atoms with Crippen LogP contribution in [0.5, 0.6) is 0 Å². The van der Waals surface area contributed by atoms with Gasteiger partial charge in [0.1, 0.15) is 12.2 Å². The van der Waals surface area contributed by atoms with E-state index in [0.29, 0.717) is 24.5 Å². The molecule has 2 atom stereocenters. The molecular formula is C16H20Cl2FN5O3. The molecule has 0 spiro atoms. The number of ether oxygens (including phenoxy) is 1.